The summed E-state index contributed by atoms with van der Waals surface area (Å²) in [5.41, 5.74) is 4.80. The number of halogens is 1. The first kappa shape index (κ1) is 16.6. The number of pyridine rings is 2. The summed E-state index contributed by atoms with van der Waals surface area (Å²) in [6, 6.07) is 0.975. The lowest BCUT2D eigenvalue weighted by molar-refractivity contribution is 0.0695. The molecule has 1 aliphatic heterocycles. The fourth-order valence-corrected chi connectivity index (χ4v) is 3.67. The summed E-state index contributed by atoms with van der Waals surface area (Å²) in [5.74, 6) is -1.98. The van der Waals surface area contributed by atoms with Gasteiger partial charge in [-0.1, -0.05) is 0 Å². The number of hydrogen-bond donors (Lipinski definition) is 2. The molecule has 3 aromatic rings. The minimum absolute atomic E-state index is 0.0672. The van der Waals surface area contributed by atoms with Crippen LogP contribution < -0.4 is 16.1 Å². The molecule has 26 heavy (non-hydrogen) atoms. The fraction of sp³-hybridized carbons (Fsp3) is 0.250. The molecule has 4 rings (SSSR count). The SMILES string of the molecule is N[C@H]1CCN(c2nc3c(cc2F)c(=O)c(C(=O)O)cn3-c2nccs2)C1. The second-order valence-electron chi connectivity index (χ2n) is 6.02. The number of carbonyl (C=O) groups is 1. The van der Waals surface area contributed by atoms with Gasteiger partial charge in [-0.2, -0.15) is 0 Å². The summed E-state index contributed by atoms with van der Waals surface area (Å²) in [6.07, 6.45) is 3.45. The van der Waals surface area contributed by atoms with Crippen LogP contribution in [0.4, 0.5) is 10.2 Å². The summed E-state index contributed by atoms with van der Waals surface area (Å²) in [7, 11) is 0. The van der Waals surface area contributed by atoms with E-state index in [2.05, 4.69) is 9.97 Å². The Morgan fingerprint density at radius 2 is 2.27 bits per heavy atom. The van der Waals surface area contributed by atoms with Crippen molar-refractivity contribution in [3.63, 3.8) is 0 Å². The van der Waals surface area contributed by atoms with E-state index in [1.807, 2.05) is 0 Å². The average Bonchev–Trinajstić information content (AvgIpc) is 3.26. The zero-order chi connectivity index (χ0) is 18.4. The van der Waals surface area contributed by atoms with Crippen molar-refractivity contribution < 1.29 is 14.3 Å². The second kappa shape index (κ2) is 6.15. The Labute approximate surface area is 150 Å². The highest BCUT2D eigenvalue weighted by Crippen LogP contribution is 2.26. The Kier molecular flexibility index (Phi) is 3.93. The lowest BCUT2D eigenvalue weighted by atomic mass is 10.2. The first-order valence-corrected chi connectivity index (χ1v) is 8.73. The molecule has 0 radical (unpaired) electrons. The number of aromatic nitrogens is 3. The molecule has 0 saturated carbocycles. The van der Waals surface area contributed by atoms with Crippen LogP contribution in [0.3, 0.4) is 0 Å². The molecule has 0 spiro atoms. The lowest BCUT2D eigenvalue weighted by Gasteiger charge is -2.19. The van der Waals surface area contributed by atoms with Crippen LogP contribution in [0, 0.1) is 5.82 Å². The van der Waals surface area contributed by atoms with Gasteiger partial charge in [-0.05, 0) is 12.5 Å². The van der Waals surface area contributed by atoms with E-state index in [1.165, 1.54) is 22.1 Å². The van der Waals surface area contributed by atoms with Crippen LogP contribution in [0.15, 0.2) is 28.6 Å². The highest BCUT2D eigenvalue weighted by molar-refractivity contribution is 7.12. The van der Waals surface area contributed by atoms with Crippen molar-refractivity contribution in [2.75, 3.05) is 18.0 Å². The zero-order valence-corrected chi connectivity index (χ0v) is 14.2. The molecule has 1 atom stereocenters. The van der Waals surface area contributed by atoms with E-state index in [4.69, 9.17) is 5.73 Å². The van der Waals surface area contributed by atoms with Gasteiger partial charge in [0.2, 0.25) is 5.43 Å². The highest BCUT2D eigenvalue weighted by atomic mass is 32.1. The number of carboxylic acids is 1. The van der Waals surface area contributed by atoms with Gasteiger partial charge in [-0.15, -0.1) is 11.3 Å². The van der Waals surface area contributed by atoms with Crippen LogP contribution in [0.5, 0.6) is 0 Å². The summed E-state index contributed by atoms with van der Waals surface area (Å²) < 4.78 is 16.0. The Morgan fingerprint density at radius 1 is 1.46 bits per heavy atom. The van der Waals surface area contributed by atoms with E-state index in [9.17, 15) is 19.1 Å². The van der Waals surface area contributed by atoms with E-state index >= 15 is 0 Å². The number of fused-ring (bicyclic) bond motifs is 1. The number of nitrogens with two attached hydrogens (primary N) is 1. The van der Waals surface area contributed by atoms with Gasteiger partial charge >= 0.3 is 5.97 Å². The molecule has 1 saturated heterocycles. The molecule has 1 fully saturated rings. The zero-order valence-electron chi connectivity index (χ0n) is 13.4. The summed E-state index contributed by atoms with van der Waals surface area (Å²) in [5, 5.41) is 11.3. The number of anilines is 1. The van der Waals surface area contributed by atoms with Gasteiger partial charge in [0.15, 0.2) is 22.4 Å². The summed E-state index contributed by atoms with van der Waals surface area (Å²) in [6.45, 7) is 1.02. The van der Waals surface area contributed by atoms with Gasteiger partial charge < -0.3 is 15.7 Å². The van der Waals surface area contributed by atoms with E-state index in [0.717, 1.165) is 12.5 Å². The Bertz CT molecular complexity index is 1070. The topological polar surface area (TPSA) is 114 Å². The van der Waals surface area contributed by atoms with Crippen LogP contribution in [0.25, 0.3) is 16.2 Å². The summed E-state index contributed by atoms with van der Waals surface area (Å²) >= 11 is 1.25. The third-order valence-corrected chi connectivity index (χ3v) is 5.06. The molecule has 0 aromatic carbocycles. The maximum atomic E-state index is 14.6. The van der Waals surface area contributed by atoms with Gasteiger partial charge in [-0.25, -0.2) is 19.2 Å². The molecule has 1 aliphatic rings. The van der Waals surface area contributed by atoms with Crippen molar-refractivity contribution in [3.8, 4) is 5.13 Å². The Balaban J connectivity index is 2.02. The van der Waals surface area contributed by atoms with Crippen molar-refractivity contribution in [1.29, 1.82) is 0 Å². The van der Waals surface area contributed by atoms with E-state index in [1.54, 1.807) is 16.5 Å². The van der Waals surface area contributed by atoms with Crippen LogP contribution in [-0.2, 0) is 0 Å². The Hall–Kier alpha value is -2.85. The van der Waals surface area contributed by atoms with Gasteiger partial charge in [-0.3, -0.25) is 9.36 Å². The van der Waals surface area contributed by atoms with Crippen molar-refractivity contribution in [2.24, 2.45) is 5.73 Å². The molecule has 3 N–H and O–H groups in total. The minimum atomic E-state index is -1.39. The predicted molar refractivity (Wildman–Crippen MR) is 94.7 cm³/mol. The third kappa shape index (κ3) is 2.63. The number of aromatic carboxylic acids is 1. The maximum absolute atomic E-state index is 14.6. The molecule has 4 heterocycles. The molecular weight excluding hydrogens is 361 g/mol. The molecule has 0 amide bonds. The number of carboxylic acid groups (broad SMARTS) is 1. The number of hydrogen-bond acceptors (Lipinski definition) is 7. The molecular formula is C16H14FN5O3S. The van der Waals surface area contributed by atoms with Crippen LogP contribution in [0.2, 0.25) is 0 Å². The maximum Gasteiger partial charge on any atom is 0.341 e. The summed E-state index contributed by atoms with van der Waals surface area (Å²) in [4.78, 5) is 34.1. The van der Waals surface area contributed by atoms with E-state index in [-0.39, 0.29) is 22.9 Å². The first-order chi connectivity index (χ1) is 12.5. The van der Waals surface area contributed by atoms with Crippen molar-refractivity contribution >= 4 is 34.2 Å². The normalized spacial score (nSPS) is 17.2. The predicted octanol–water partition coefficient (Wildman–Crippen LogP) is 1.22. The van der Waals surface area contributed by atoms with Crippen molar-refractivity contribution in [3.05, 3.63) is 45.4 Å². The van der Waals surface area contributed by atoms with Gasteiger partial charge in [0, 0.05) is 36.9 Å². The molecule has 3 aromatic heterocycles. The molecule has 0 bridgehead atoms. The van der Waals surface area contributed by atoms with Crippen LogP contribution in [0.1, 0.15) is 16.8 Å². The van der Waals surface area contributed by atoms with Gasteiger partial charge in [0.25, 0.3) is 0 Å². The van der Waals surface area contributed by atoms with Crippen LogP contribution >= 0.6 is 11.3 Å². The van der Waals surface area contributed by atoms with E-state index in [0.29, 0.717) is 18.2 Å². The smallest absolute Gasteiger partial charge is 0.341 e. The molecule has 8 nitrogen and oxygen atoms in total. The van der Waals surface area contributed by atoms with Crippen LogP contribution in [-0.4, -0.2) is 44.7 Å². The Morgan fingerprint density at radius 3 is 2.88 bits per heavy atom. The standard InChI is InChI=1S/C16H14FN5O3S/c17-11-5-9-12(23)10(15(24)25)7-22(16-19-2-4-26-16)13(9)20-14(11)21-3-1-8(18)6-21/h2,4-5,7-8H,1,3,6,18H2,(H,24,25)/t8-/m0/s1. The number of rotatable bonds is 3. The third-order valence-electron chi connectivity index (χ3n) is 4.29. The molecule has 0 aliphatic carbocycles. The minimum Gasteiger partial charge on any atom is -0.477 e. The molecule has 0 unspecified atom stereocenters. The number of nitrogens with zero attached hydrogens (tertiary/aromatic N) is 4. The molecule has 10 heteroatoms. The molecule has 134 valence electrons. The first-order valence-electron chi connectivity index (χ1n) is 7.85. The second-order valence-corrected chi connectivity index (χ2v) is 6.89. The lowest BCUT2D eigenvalue weighted by Crippen LogP contribution is -2.28. The monoisotopic (exact) mass is 375 g/mol. The quantitative estimate of drug-likeness (QED) is 0.707. The van der Waals surface area contributed by atoms with Gasteiger partial charge in [0.1, 0.15) is 5.56 Å². The van der Waals surface area contributed by atoms with Crippen molar-refractivity contribution in [1.82, 2.24) is 14.5 Å². The largest absolute Gasteiger partial charge is 0.477 e. The highest BCUT2D eigenvalue weighted by Gasteiger charge is 2.25. The number of thiazole rings is 1. The average molecular weight is 375 g/mol. The van der Waals surface area contributed by atoms with Gasteiger partial charge in [0.05, 0.1) is 5.39 Å². The van der Waals surface area contributed by atoms with E-state index < -0.39 is 22.8 Å². The fourth-order valence-electron chi connectivity index (χ4n) is 3.05. The van der Waals surface area contributed by atoms with Crippen molar-refractivity contribution in [2.45, 2.75) is 12.5 Å².